The number of pyridine rings is 1. The van der Waals surface area contributed by atoms with Crippen LogP contribution in [0.25, 0.3) is 22.4 Å². The van der Waals surface area contributed by atoms with E-state index in [9.17, 15) is 9.18 Å². The second-order valence-corrected chi connectivity index (χ2v) is 10.4. The Morgan fingerprint density at radius 1 is 1.12 bits per heavy atom. The van der Waals surface area contributed by atoms with E-state index in [0.29, 0.717) is 30.8 Å². The number of likely N-dealkylation sites (tertiary alicyclic amines) is 1. The van der Waals surface area contributed by atoms with Crippen molar-refractivity contribution < 1.29 is 13.9 Å². The van der Waals surface area contributed by atoms with Crippen LogP contribution in [0.1, 0.15) is 32.4 Å². The lowest BCUT2D eigenvalue weighted by Gasteiger charge is -2.25. The fourth-order valence-electron chi connectivity index (χ4n) is 4.76. The first-order valence-corrected chi connectivity index (χ1v) is 11.6. The number of amides is 1. The Morgan fingerprint density at radius 2 is 1.81 bits per heavy atom. The molecule has 1 unspecified atom stereocenters. The Hall–Kier alpha value is -2.67. The van der Waals surface area contributed by atoms with Crippen LogP contribution in [0.5, 0.6) is 0 Å². The van der Waals surface area contributed by atoms with Crippen molar-refractivity contribution in [3.8, 4) is 22.4 Å². The molecule has 2 aliphatic rings. The number of aromatic nitrogens is 2. The topological polar surface area (TPSA) is 58.2 Å². The van der Waals surface area contributed by atoms with Gasteiger partial charge in [-0.25, -0.2) is 14.2 Å². The number of fused-ring (bicyclic) bond motifs is 1. The molecular formula is C25H25BrFN3O2. The summed E-state index contributed by atoms with van der Waals surface area (Å²) >= 11 is 3.46. The van der Waals surface area contributed by atoms with Crippen molar-refractivity contribution >= 4 is 22.0 Å². The highest BCUT2D eigenvalue weighted by molar-refractivity contribution is 9.10. The van der Waals surface area contributed by atoms with E-state index in [4.69, 9.17) is 4.74 Å². The lowest BCUT2D eigenvalue weighted by Crippen LogP contribution is -2.36. The highest BCUT2D eigenvalue weighted by atomic mass is 79.9. The smallest absolute Gasteiger partial charge is 0.410 e. The van der Waals surface area contributed by atoms with Crippen LogP contribution >= 0.6 is 15.9 Å². The quantitative estimate of drug-likeness (QED) is 0.436. The summed E-state index contributed by atoms with van der Waals surface area (Å²) in [4.78, 5) is 22.1. The van der Waals surface area contributed by atoms with E-state index in [-0.39, 0.29) is 11.9 Å². The number of H-pyrrole nitrogens is 1. The zero-order chi connectivity index (χ0) is 22.6. The van der Waals surface area contributed by atoms with Gasteiger partial charge in [0.05, 0.1) is 5.69 Å². The van der Waals surface area contributed by atoms with Gasteiger partial charge in [0.15, 0.2) is 0 Å². The van der Waals surface area contributed by atoms with E-state index in [0.717, 1.165) is 32.7 Å². The summed E-state index contributed by atoms with van der Waals surface area (Å²) in [6.07, 6.45) is 1.54. The molecule has 3 heterocycles. The van der Waals surface area contributed by atoms with Crippen molar-refractivity contribution in [1.29, 1.82) is 0 Å². The van der Waals surface area contributed by atoms with Gasteiger partial charge >= 0.3 is 6.09 Å². The largest absolute Gasteiger partial charge is 0.444 e. The van der Waals surface area contributed by atoms with Crippen LogP contribution in [-0.2, 0) is 4.74 Å². The molecule has 0 bridgehead atoms. The van der Waals surface area contributed by atoms with Gasteiger partial charge in [-0.3, -0.25) is 0 Å². The van der Waals surface area contributed by atoms with Gasteiger partial charge < -0.3 is 14.6 Å². The zero-order valence-corrected chi connectivity index (χ0v) is 19.8. The van der Waals surface area contributed by atoms with E-state index in [2.05, 4.69) is 32.0 Å². The van der Waals surface area contributed by atoms with Crippen molar-refractivity contribution in [3.05, 3.63) is 64.8 Å². The summed E-state index contributed by atoms with van der Waals surface area (Å²) in [5.41, 5.74) is 4.67. The summed E-state index contributed by atoms with van der Waals surface area (Å²) < 4.78 is 19.8. The fourth-order valence-corrected chi connectivity index (χ4v) is 5.12. The number of rotatable bonds is 3. The zero-order valence-electron chi connectivity index (χ0n) is 18.2. The fraction of sp³-hybridized carbons (Fsp3) is 0.360. The molecule has 166 valence electrons. The molecule has 2 aromatic heterocycles. The number of nitrogens with zero attached hydrogens (tertiary/aromatic N) is 2. The highest BCUT2D eigenvalue weighted by Gasteiger charge is 2.58. The Balaban J connectivity index is 1.41. The lowest BCUT2D eigenvalue weighted by atomic mass is 10.0. The third-order valence-electron chi connectivity index (χ3n) is 6.21. The molecule has 5 nitrogen and oxygen atoms in total. The van der Waals surface area contributed by atoms with E-state index in [1.165, 1.54) is 12.1 Å². The van der Waals surface area contributed by atoms with Crippen LogP contribution in [0.3, 0.4) is 0 Å². The molecule has 3 atom stereocenters. The van der Waals surface area contributed by atoms with Crippen LogP contribution in [0.4, 0.5) is 9.18 Å². The molecule has 2 fully saturated rings. The van der Waals surface area contributed by atoms with E-state index >= 15 is 0 Å². The van der Waals surface area contributed by atoms with Crippen LogP contribution in [0, 0.1) is 17.7 Å². The Kier molecular flexibility index (Phi) is 5.12. The molecule has 1 aromatic carbocycles. The molecule has 32 heavy (non-hydrogen) atoms. The highest BCUT2D eigenvalue weighted by Crippen LogP contribution is 2.59. The minimum absolute atomic E-state index is 0.232. The number of hydrogen-bond acceptors (Lipinski definition) is 3. The third-order valence-corrected chi connectivity index (χ3v) is 6.65. The van der Waals surface area contributed by atoms with Gasteiger partial charge in [0.1, 0.15) is 16.0 Å². The Labute approximate surface area is 195 Å². The summed E-state index contributed by atoms with van der Waals surface area (Å²) in [5, 5.41) is 0. The molecule has 5 rings (SSSR count). The lowest BCUT2D eigenvalue weighted by molar-refractivity contribution is 0.0270. The van der Waals surface area contributed by atoms with Gasteiger partial charge in [-0.2, -0.15) is 0 Å². The summed E-state index contributed by atoms with van der Waals surface area (Å²) in [6.45, 7) is 7.09. The molecule has 7 heteroatoms. The van der Waals surface area contributed by atoms with Crippen LogP contribution in [0.2, 0.25) is 0 Å². The average Bonchev–Trinajstić information content (AvgIpc) is 3.06. The predicted molar refractivity (Wildman–Crippen MR) is 125 cm³/mol. The number of carbonyl (C=O) groups excluding carboxylic acids is 1. The second kappa shape index (κ2) is 7.73. The van der Waals surface area contributed by atoms with Crippen molar-refractivity contribution in [2.24, 2.45) is 11.8 Å². The maximum atomic E-state index is 13.5. The van der Waals surface area contributed by atoms with Gasteiger partial charge in [-0.15, -0.1) is 0 Å². The van der Waals surface area contributed by atoms with Crippen molar-refractivity contribution in [1.82, 2.24) is 14.9 Å². The first kappa shape index (κ1) is 21.2. The van der Waals surface area contributed by atoms with Crippen LogP contribution in [0.15, 0.2) is 53.3 Å². The monoisotopic (exact) mass is 497 g/mol. The molecule has 1 aliphatic heterocycles. The third kappa shape index (κ3) is 4.06. The van der Waals surface area contributed by atoms with Gasteiger partial charge in [-0.1, -0.05) is 0 Å². The maximum Gasteiger partial charge on any atom is 0.410 e. The standard InChI is InChI=1S/C25H25BrFN3O2/c1-25(2,3)32-24(31)30-12-18-19(13-30)22(18)20-11-17(15-8-9-28-21(26)10-15)23(29-20)14-4-6-16(27)7-5-14/h4-11,18-19,22,29H,12-13H2,1-3H3/t18-,19+,22?. The molecule has 1 saturated carbocycles. The van der Waals surface area contributed by atoms with Crippen LogP contribution < -0.4 is 0 Å². The minimum atomic E-state index is -0.486. The second-order valence-electron chi connectivity index (χ2n) is 9.63. The first-order valence-electron chi connectivity index (χ1n) is 10.8. The number of aromatic amines is 1. The summed E-state index contributed by atoms with van der Waals surface area (Å²) in [7, 11) is 0. The maximum absolute atomic E-state index is 13.5. The number of hydrogen-bond donors (Lipinski definition) is 1. The molecular weight excluding hydrogens is 473 g/mol. The first-order chi connectivity index (χ1) is 15.2. The molecule has 3 aromatic rings. The molecule has 0 radical (unpaired) electrons. The number of piperidine rings is 1. The summed E-state index contributed by atoms with van der Waals surface area (Å²) in [6, 6.07) is 12.7. The summed E-state index contributed by atoms with van der Waals surface area (Å²) in [5.74, 6) is 0.984. The Morgan fingerprint density at radius 3 is 2.44 bits per heavy atom. The van der Waals surface area contributed by atoms with Gasteiger partial charge in [0.2, 0.25) is 0 Å². The van der Waals surface area contributed by atoms with Crippen molar-refractivity contribution in [2.75, 3.05) is 13.1 Å². The van der Waals surface area contributed by atoms with Gasteiger partial charge in [0.25, 0.3) is 0 Å². The Bertz CT molecular complexity index is 1160. The molecule has 1 aliphatic carbocycles. The molecule has 1 amide bonds. The molecule has 1 N–H and O–H groups in total. The molecule has 1 saturated heterocycles. The van der Waals surface area contributed by atoms with E-state index in [1.807, 2.05) is 37.8 Å². The minimum Gasteiger partial charge on any atom is -0.444 e. The van der Waals surface area contributed by atoms with E-state index in [1.54, 1.807) is 18.3 Å². The predicted octanol–water partition coefficient (Wildman–Crippen LogP) is 6.23. The van der Waals surface area contributed by atoms with Crippen molar-refractivity contribution in [2.45, 2.75) is 32.3 Å². The molecule has 0 spiro atoms. The van der Waals surface area contributed by atoms with Crippen molar-refractivity contribution in [3.63, 3.8) is 0 Å². The normalized spacial score (nSPS) is 22.0. The number of carbonyl (C=O) groups is 1. The van der Waals surface area contributed by atoms with Crippen LogP contribution in [-0.4, -0.2) is 39.7 Å². The van der Waals surface area contributed by atoms with Gasteiger partial charge in [-0.05, 0) is 102 Å². The van der Waals surface area contributed by atoms with E-state index < -0.39 is 5.60 Å². The number of nitrogens with one attached hydrogen (secondary N) is 1. The SMILES string of the molecule is CC(C)(C)OC(=O)N1C[C@@H]2C(c3cc(-c4ccnc(Br)c4)c(-c4ccc(F)cc4)[nH]3)[C@@H]2C1. The number of halogens is 2. The average molecular weight is 498 g/mol. The van der Waals surface area contributed by atoms with Gasteiger partial charge in [0, 0.05) is 36.5 Å². The number of ether oxygens (including phenoxy) is 1. The number of benzene rings is 1.